The predicted octanol–water partition coefficient (Wildman–Crippen LogP) is 10.2. The van der Waals surface area contributed by atoms with Crippen LogP contribution in [0.25, 0.3) is 0 Å². The summed E-state index contributed by atoms with van der Waals surface area (Å²) in [5, 5.41) is 0. The van der Waals surface area contributed by atoms with Gasteiger partial charge in [0, 0.05) is 11.1 Å². The molecule has 0 aliphatic carbocycles. The van der Waals surface area contributed by atoms with Gasteiger partial charge in [0.15, 0.2) is 5.78 Å². The normalized spacial score (nSPS) is 11.2. The van der Waals surface area contributed by atoms with Crippen LogP contribution in [0.1, 0.15) is 15.9 Å². The quantitative estimate of drug-likeness (QED) is 0.0822. The molecule has 6 aromatic carbocycles. The lowest BCUT2D eigenvalue weighted by atomic mass is 10.0. The number of phosphoric acid groups is 2. The van der Waals surface area contributed by atoms with E-state index in [9.17, 15) is 13.9 Å². The van der Waals surface area contributed by atoms with Gasteiger partial charge < -0.3 is 27.1 Å². The van der Waals surface area contributed by atoms with E-state index in [1.54, 1.807) is 121 Å². The number of rotatable bonds is 14. The topological polar surface area (TPSA) is 107 Å². The van der Waals surface area contributed by atoms with E-state index in [2.05, 4.69) is 0 Å². The molecular weight excluding hydrogens is 650 g/mol. The van der Waals surface area contributed by atoms with Crippen LogP contribution in [0.3, 0.4) is 0 Å². The minimum Gasteiger partial charge on any atom is -0.386 e. The highest BCUT2D eigenvalue weighted by molar-refractivity contribution is 7.50. The molecule has 0 bridgehead atoms. The van der Waals surface area contributed by atoms with Crippen molar-refractivity contribution in [2.24, 2.45) is 0 Å². The van der Waals surface area contributed by atoms with E-state index in [-0.39, 0.29) is 17.3 Å². The van der Waals surface area contributed by atoms with E-state index in [1.807, 2.05) is 0 Å². The Hall–Kier alpha value is -5.75. The summed E-state index contributed by atoms with van der Waals surface area (Å²) in [5.74, 6) is 1.21. The van der Waals surface area contributed by atoms with E-state index in [0.717, 1.165) is 0 Å². The summed E-state index contributed by atoms with van der Waals surface area (Å²) in [5.41, 5.74) is 0.675. The van der Waals surface area contributed by atoms with Crippen LogP contribution >= 0.6 is 15.6 Å². The molecule has 0 saturated carbocycles. The third-order valence-corrected chi connectivity index (χ3v) is 9.12. The summed E-state index contributed by atoms with van der Waals surface area (Å²) in [4.78, 5) is 13.3. The van der Waals surface area contributed by atoms with E-state index in [4.69, 9.17) is 27.1 Å². The van der Waals surface area contributed by atoms with Gasteiger partial charge in [-0.1, -0.05) is 72.8 Å². The number of phosphoric ester groups is 2. The number of hydrogen-bond donors (Lipinski definition) is 0. The summed E-state index contributed by atoms with van der Waals surface area (Å²) in [7, 11) is -8.38. The molecular formula is C37H28O9P2. The molecule has 0 aliphatic rings. The van der Waals surface area contributed by atoms with Crippen molar-refractivity contribution in [2.45, 2.75) is 0 Å². The maximum absolute atomic E-state index is 13.7. The molecule has 0 radical (unpaired) electrons. The van der Waals surface area contributed by atoms with Gasteiger partial charge in [-0.15, -0.1) is 0 Å². The van der Waals surface area contributed by atoms with Crippen molar-refractivity contribution >= 4 is 21.4 Å². The summed E-state index contributed by atoms with van der Waals surface area (Å²) in [6.07, 6.45) is 0. The third kappa shape index (κ3) is 8.74. The number of carbonyl (C=O) groups is 1. The first kappa shape index (κ1) is 32.2. The van der Waals surface area contributed by atoms with Crippen LogP contribution < -0.4 is 27.1 Å². The van der Waals surface area contributed by atoms with Crippen molar-refractivity contribution in [3.63, 3.8) is 0 Å². The van der Waals surface area contributed by atoms with Crippen molar-refractivity contribution in [1.82, 2.24) is 0 Å². The molecule has 240 valence electrons. The first-order chi connectivity index (χ1) is 23.3. The average Bonchev–Trinajstić information content (AvgIpc) is 3.10. The van der Waals surface area contributed by atoms with Gasteiger partial charge in [-0.3, -0.25) is 4.79 Å². The molecule has 9 nitrogen and oxygen atoms in total. The summed E-state index contributed by atoms with van der Waals surface area (Å²) < 4.78 is 61.5. The number of ketones is 1. The number of hydrogen-bond acceptors (Lipinski definition) is 9. The monoisotopic (exact) mass is 678 g/mol. The fourth-order valence-corrected chi connectivity index (χ4v) is 6.82. The molecule has 0 aromatic heterocycles. The minimum atomic E-state index is -4.19. The molecule has 0 aliphatic heterocycles. The lowest BCUT2D eigenvalue weighted by molar-refractivity contribution is 0.103. The number of benzene rings is 6. The molecule has 0 unspecified atom stereocenters. The lowest BCUT2D eigenvalue weighted by Crippen LogP contribution is -2.08. The van der Waals surface area contributed by atoms with Gasteiger partial charge in [0.2, 0.25) is 0 Å². The number of para-hydroxylation sites is 4. The fraction of sp³-hybridized carbons (Fsp3) is 0. The smallest absolute Gasteiger partial charge is 0.386 e. The predicted molar refractivity (Wildman–Crippen MR) is 181 cm³/mol. The first-order valence-corrected chi connectivity index (χ1v) is 17.6. The van der Waals surface area contributed by atoms with Crippen molar-refractivity contribution in [2.75, 3.05) is 0 Å². The van der Waals surface area contributed by atoms with Crippen LogP contribution in [-0.2, 0) is 9.13 Å². The molecule has 0 fully saturated rings. The maximum atomic E-state index is 13.7. The zero-order valence-corrected chi connectivity index (χ0v) is 27.0. The first-order valence-electron chi connectivity index (χ1n) is 14.7. The summed E-state index contributed by atoms with van der Waals surface area (Å²) in [6.45, 7) is 0. The van der Waals surface area contributed by atoms with Crippen LogP contribution in [0.15, 0.2) is 170 Å². The Morgan fingerprint density at radius 2 is 0.521 bits per heavy atom. The molecule has 0 spiro atoms. The van der Waals surface area contributed by atoms with E-state index >= 15 is 0 Å². The molecule has 0 amide bonds. The zero-order valence-electron chi connectivity index (χ0n) is 25.2. The molecule has 0 saturated heterocycles. The van der Waals surface area contributed by atoms with Crippen LogP contribution in [-0.4, -0.2) is 5.78 Å². The Morgan fingerprint density at radius 3 is 0.750 bits per heavy atom. The van der Waals surface area contributed by atoms with E-state index in [0.29, 0.717) is 34.1 Å². The molecule has 48 heavy (non-hydrogen) atoms. The Kier molecular flexibility index (Phi) is 9.91. The number of carbonyl (C=O) groups excluding carboxylic acids is 1. The van der Waals surface area contributed by atoms with Crippen molar-refractivity contribution < 1.29 is 41.1 Å². The van der Waals surface area contributed by atoms with Crippen LogP contribution in [0, 0.1) is 0 Å². The second-order valence-electron chi connectivity index (χ2n) is 10.1. The van der Waals surface area contributed by atoms with Crippen molar-refractivity contribution in [3.8, 4) is 34.5 Å². The molecule has 6 rings (SSSR count). The van der Waals surface area contributed by atoms with Crippen molar-refractivity contribution in [3.05, 3.63) is 181 Å². The summed E-state index contributed by atoms with van der Waals surface area (Å²) in [6, 6.07) is 46.3. The highest BCUT2D eigenvalue weighted by Crippen LogP contribution is 2.51. The van der Waals surface area contributed by atoms with Crippen molar-refractivity contribution in [1.29, 1.82) is 0 Å². The Labute approximate surface area is 277 Å². The summed E-state index contributed by atoms with van der Waals surface area (Å²) >= 11 is 0. The van der Waals surface area contributed by atoms with Crippen LogP contribution in [0.4, 0.5) is 0 Å². The van der Waals surface area contributed by atoms with Gasteiger partial charge >= 0.3 is 15.6 Å². The fourth-order valence-electron chi connectivity index (χ4n) is 4.31. The molecule has 0 heterocycles. The second kappa shape index (κ2) is 14.8. The van der Waals surface area contributed by atoms with E-state index < -0.39 is 15.6 Å². The highest BCUT2D eigenvalue weighted by Gasteiger charge is 2.34. The van der Waals surface area contributed by atoms with Gasteiger partial charge in [0.1, 0.15) is 34.5 Å². The molecule has 11 heteroatoms. The Bertz CT molecular complexity index is 1790. The van der Waals surface area contributed by atoms with Gasteiger partial charge in [0.25, 0.3) is 0 Å². The highest BCUT2D eigenvalue weighted by atomic mass is 31.2. The standard InChI is InChI=1S/C37H28O9P2/c38-37(29-21-25-35(26-22-29)45-47(39,41-31-13-5-1-6-14-31)42-32-15-7-2-8-16-32)30-23-27-36(28-24-30)46-48(40,43-33-17-9-3-10-18-33)44-34-19-11-4-12-20-34/h1-28H. The van der Waals surface area contributed by atoms with E-state index in [1.165, 1.54) is 48.5 Å². The van der Waals surface area contributed by atoms with Gasteiger partial charge in [0.05, 0.1) is 0 Å². The SMILES string of the molecule is O=C(c1ccc(OP(=O)(Oc2ccccc2)Oc2ccccc2)cc1)c1ccc(OP(=O)(Oc2ccccc2)Oc2ccccc2)cc1. The van der Waals surface area contributed by atoms with Crippen LogP contribution in [0.2, 0.25) is 0 Å². The Morgan fingerprint density at radius 1 is 0.312 bits per heavy atom. The maximum Gasteiger partial charge on any atom is 0.647 e. The minimum absolute atomic E-state index is 0.165. The largest absolute Gasteiger partial charge is 0.647 e. The zero-order chi connectivity index (χ0) is 33.2. The third-order valence-electron chi connectivity index (χ3n) is 6.51. The van der Waals surface area contributed by atoms with Crippen LogP contribution in [0.5, 0.6) is 34.5 Å². The van der Waals surface area contributed by atoms with Gasteiger partial charge in [-0.2, -0.15) is 9.13 Å². The van der Waals surface area contributed by atoms with Gasteiger partial charge in [-0.25, -0.2) is 0 Å². The van der Waals surface area contributed by atoms with Gasteiger partial charge in [-0.05, 0) is 97.1 Å². The lowest BCUT2D eigenvalue weighted by Gasteiger charge is -2.19. The molecule has 0 N–H and O–H groups in total. The molecule has 6 aromatic rings. The molecule has 0 atom stereocenters. The Balaban J connectivity index is 1.15. The second-order valence-corrected chi connectivity index (χ2v) is 13.0. The average molecular weight is 679 g/mol.